The number of aromatic nitrogens is 4. The van der Waals surface area contributed by atoms with Crippen molar-refractivity contribution < 1.29 is 0 Å². The van der Waals surface area contributed by atoms with Crippen molar-refractivity contribution in [2.24, 2.45) is 0 Å². The van der Waals surface area contributed by atoms with Crippen molar-refractivity contribution in [1.29, 1.82) is 0 Å². The second-order valence-electron chi connectivity index (χ2n) is 5.15. The highest BCUT2D eigenvalue weighted by atomic mass is 14.8. The fourth-order valence-electron chi connectivity index (χ4n) is 2.09. The zero-order valence-electron chi connectivity index (χ0n) is 14.9. The molecule has 2 aromatic heterocycles. The van der Waals surface area contributed by atoms with Gasteiger partial charge in [-0.1, -0.05) is 26.3 Å². The van der Waals surface area contributed by atoms with E-state index in [2.05, 4.69) is 46.3 Å². The van der Waals surface area contributed by atoms with Crippen LogP contribution in [0.4, 0.5) is 0 Å². The Labute approximate surface area is 144 Å². The van der Waals surface area contributed by atoms with Gasteiger partial charge in [-0.15, -0.1) is 0 Å². The molecule has 0 fully saturated rings. The Morgan fingerprint density at radius 3 is 0.833 bits per heavy atom. The lowest BCUT2D eigenvalue weighted by Gasteiger charge is -2.03. The highest BCUT2D eigenvalue weighted by Crippen LogP contribution is 2.10. The van der Waals surface area contributed by atoms with Crippen LogP contribution >= 0.6 is 0 Å². The normalized spacial score (nSPS) is 9.50. The third-order valence-electron chi connectivity index (χ3n) is 3.41. The molecule has 0 aliphatic rings. The van der Waals surface area contributed by atoms with Crippen LogP contribution in [0.5, 0.6) is 0 Å². The number of hydrogen-bond acceptors (Lipinski definition) is 4. The third-order valence-corrected chi connectivity index (χ3v) is 3.41. The first-order chi connectivity index (χ1) is 11.4. The van der Waals surface area contributed by atoms with Gasteiger partial charge in [0.15, 0.2) is 0 Å². The van der Waals surface area contributed by atoms with Crippen LogP contribution in [0, 0.1) is 27.7 Å². The van der Waals surface area contributed by atoms with E-state index in [-0.39, 0.29) is 0 Å². The molecule has 0 radical (unpaired) electrons. The molecule has 0 aliphatic heterocycles. The fraction of sp³-hybridized carbons (Fsp3) is 0.200. The Kier molecular flexibility index (Phi) is 6.93. The molecule has 2 rings (SSSR count). The number of nitrogens with zero attached hydrogens (tertiary/aromatic N) is 4. The van der Waals surface area contributed by atoms with Gasteiger partial charge in [0, 0.05) is 0 Å². The number of aryl methyl sites for hydroxylation is 4. The number of hydrogen-bond donors (Lipinski definition) is 0. The molecule has 0 atom stereocenters. The minimum atomic E-state index is 0.829. The van der Waals surface area contributed by atoms with Crippen LogP contribution in [-0.2, 0) is 0 Å². The van der Waals surface area contributed by atoms with Crippen LogP contribution in [-0.4, -0.2) is 19.9 Å². The topological polar surface area (TPSA) is 51.6 Å². The molecule has 2 heterocycles. The number of rotatable bonds is 4. The van der Waals surface area contributed by atoms with Crippen LogP contribution in [0.2, 0.25) is 0 Å². The van der Waals surface area contributed by atoms with Crippen LogP contribution < -0.4 is 0 Å². The van der Waals surface area contributed by atoms with Crippen molar-refractivity contribution >= 4 is 24.3 Å². The zero-order chi connectivity index (χ0) is 18.3. The molecular formula is C20H24N4. The van der Waals surface area contributed by atoms with Crippen LogP contribution in [0.3, 0.4) is 0 Å². The van der Waals surface area contributed by atoms with Crippen molar-refractivity contribution in [3.05, 3.63) is 71.9 Å². The van der Waals surface area contributed by atoms with Gasteiger partial charge in [0.25, 0.3) is 0 Å². The van der Waals surface area contributed by atoms with Gasteiger partial charge in [0.2, 0.25) is 0 Å². The minimum absolute atomic E-state index is 0.829. The lowest BCUT2D eigenvalue weighted by atomic mass is 10.2. The molecule has 0 spiro atoms. The van der Waals surface area contributed by atoms with E-state index in [1.54, 1.807) is 24.3 Å². The van der Waals surface area contributed by atoms with Crippen LogP contribution in [0.15, 0.2) is 26.3 Å². The second kappa shape index (κ2) is 8.67. The minimum Gasteiger partial charge on any atom is -0.254 e. The lowest BCUT2D eigenvalue weighted by molar-refractivity contribution is 1.03. The standard InChI is InChI=1S/2C10H12N2/c2*1-5-9-7(3)11-8(4)10(6-2)12-9/h2*5-6H,1-2H2,3-4H3. The van der Waals surface area contributed by atoms with Gasteiger partial charge >= 0.3 is 0 Å². The van der Waals surface area contributed by atoms with Crippen molar-refractivity contribution in [1.82, 2.24) is 19.9 Å². The molecular weight excluding hydrogens is 296 g/mol. The maximum atomic E-state index is 4.31. The summed E-state index contributed by atoms with van der Waals surface area (Å²) in [6.07, 6.45) is 6.81. The smallest absolute Gasteiger partial charge is 0.0843 e. The molecule has 0 aliphatic carbocycles. The van der Waals surface area contributed by atoms with E-state index in [0.717, 1.165) is 45.6 Å². The summed E-state index contributed by atoms with van der Waals surface area (Å²) in [4.78, 5) is 17.2. The predicted molar refractivity (Wildman–Crippen MR) is 103 cm³/mol. The van der Waals surface area contributed by atoms with E-state index in [4.69, 9.17) is 0 Å². The summed E-state index contributed by atoms with van der Waals surface area (Å²) in [5, 5.41) is 0. The van der Waals surface area contributed by atoms with Gasteiger partial charge in [0.1, 0.15) is 0 Å². The summed E-state index contributed by atoms with van der Waals surface area (Å²) < 4.78 is 0. The highest BCUT2D eigenvalue weighted by Gasteiger charge is 2.02. The van der Waals surface area contributed by atoms with E-state index in [9.17, 15) is 0 Å². The third kappa shape index (κ3) is 4.56. The Bertz CT molecular complexity index is 663. The molecule has 2 aromatic rings. The first-order valence-electron chi connectivity index (χ1n) is 7.58. The molecule has 0 aromatic carbocycles. The van der Waals surface area contributed by atoms with Crippen molar-refractivity contribution in [3.8, 4) is 0 Å². The van der Waals surface area contributed by atoms with Gasteiger partial charge in [-0.25, -0.2) is 9.97 Å². The lowest BCUT2D eigenvalue weighted by Crippen LogP contribution is -1.98. The summed E-state index contributed by atoms with van der Waals surface area (Å²) in [5.41, 5.74) is 6.96. The molecule has 24 heavy (non-hydrogen) atoms. The maximum Gasteiger partial charge on any atom is 0.0843 e. The summed E-state index contributed by atoms with van der Waals surface area (Å²) in [5.74, 6) is 0. The largest absolute Gasteiger partial charge is 0.254 e. The average molecular weight is 320 g/mol. The van der Waals surface area contributed by atoms with Crippen molar-refractivity contribution in [2.45, 2.75) is 27.7 Å². The van der Waals surface area contributed by atoms with Gasteiger partial charge in [-0.2, -0.15) is 0 Å². The van der Waals surface area contributed by atoms with Crippen molar-refractivity contribution in [3.63, 3.8) is 0 Å². The molecule has 4 nitrogen and oxygen atoms in total. The van der Waals surface area contributed by atoms with E-state index in [1.807, 2.05) is 27.7 Å². The van der Waals surface area contributed by atoms with E-state index in [0.29, 0.717) is 0 Å². The quantitative estimate of drug-likeness (QED) is 0.815. The summed E-state index contributed by atoms with van der Waals surface area (Å²) >= 11 is 0. The SMILES string of the molecule is C=Cc1nc(C=C)c(C)nc1C.C=Cc1nc(C=C)c(C)nc1C. The monoisotopic (exact) mass is 320 g/mol. The fourth-order valence-corrected chi connectivity index (χ4v) is 2.09. The van der Waals surface area contributed by atoms with E-state index in [1.165, 1.54) is 0 Å². The molecule has 4 heteroatoms. The predicted octanol–water partition coefficient (Wildman–Crippen LogP) is 4.76. The molecule has 124 valence electrons. The first-order valence-corrected chi connectivity index (χ1v) is 7.58. The molecule has 0 amide bonds. The average Bonchev–Trinajstić information content (AvgIpc) is 2.56. The van der Waals surface area contributed by atoms with Gasteiger partial charge in [-0.3, -0.25) is 9.97 Å². The Hall–Kier alpha value is -2.88. The van der Waals surface area contributed by atoms with Crippen molar-refractivity contribution in [2.75, 3.05) is 0 Å². The Balaban J connectivity index is 0.000000240. The molecule has 0 saturated heterocycles. The van der Waals surface area contributed by atoms with Crippen LogP contribution in [0.1, 0.15) is 45.6 Å². The maximum absolute atomic E-state index is 4.31. The van der Waals surface area contributed by atoms with Gasteiger partial charge < -0.3 is 0 Å². The zero-order valence-corrected chi connectivity index (χ0v) is 14.9. The van der Waals surface area contributed by atoms with Gasteiger partial charge in [0.05, 0.1) is 45.6 Å². The van der Waals surface area contributed by atoms with Crippen LogP contribution in [0.25, 0.3) is 24.3 Å². The Morgan fingerprint density at radius 2 is 0.667 bits per heavy atom. The molecule has 0 saturated carbocycles. The molecule has 0 unspecified atom stereocenters. The van der Waals surface area contributed by atoms with E-state index >= 15 is 0 Å². The van der Waals surface area contributed by atoms with Gasteiger partial charge in [-0.05, 0) is 52.0 Å². The highest BCUT2D eigenvalue weighted by molar-refractivity contribution is 5.52. The summed E-state index contributed by atoms with van der Waals surface area (Å²) in [7, 11) is 0. The summed E-state index contributed by atoms with van der Waals surface area (Å²) in [6.45, 7) is 22.3. The second-order valence-corrected chi connectivity index (χ2v) is 5.15. The van der Waals surface area contributed by atoms with E-state index < -0.39 is 0 Å². The molecule has 0 bridgehead atoms. The summed E-state index contributed by atoms with van der Waals surface area (Å²) in [6, 6.07) is 0. The molecule has 0 N–H and O–H groups in total. The Morgan fingerprint density at radius 1 is 0.458 bits per heavy atom. The first kappa shape index (κ1) is 19.2.